The van der Waals surface area contributed by atoms with Gasteiger partial charge in [-0.1, -0.05) is 13.3 Å². The standard InChI is InChI=1S/C16H23F3N2/c1-3-11-4-7-13(8-5-11)21(2)15-9-6-12(20)10-14(15)16(17,18)19/h6,9-11,13H,3-5,7-8,20H2,1-2H3. The zero-order chi connectivity index (χ0) is 15.6. The van der Waals surface area contributed by atoms with Crippen molar-refractivity contribution in [1.82, 2.24) is 0 Å². The topological polar surface area (TPSA) is 29.3 Å². The third-order valence-electron chi connectivity index (χ3n) is 4.65. The quantitative estimate of drug-likeness (QED) is 0.820. The highest BCUT2D eigenvalue weighted by atomic mass is 19.4. The van der Waals surface area contributed by atoms with Gasteiger partial charge in [-0.05, 0) is 49.8 Å². The van der Waals surface area contributed by atoms with E-state index >= 15 is 0 Å². The number of halogens is 3. The molecule has 2 N–H and O–H groups in total. The maximum atomic E-state index is 13.2. The first-order valence-electron chi connectivity index (χ1n) is 7.52. The van der Waals surface area contributed by atoms with Gasteiger partial charge in [-0.15, -0.1) is 0 Å². The Kier molecular flexibility index (Phi) is 4.69. The van der Waals surface area contributed by atoms with E-state index in [-0.39, 0.29) is 17.4 Å². The Morgan fingerprint density at radius 1 is 1.19 bits per heavy atom. The summed E-state index contributed by atoms with van der Waals surface area (Å²) in [5, 5.41) is 0. The minimum absolute atomic E-state index is 0.147. The molecule has 0 amide bonds. The van der Waals surface area contributed by atoms with Crippen LogP contribution in [0.25, 0.3) is 0 Å². The normalized spacial score (nSPS) is 23.1. The first-order valence-corrected chi connectivity index (χ1v) is 7.52. The van der Waals surface area contributed by atoms with Crippen LogP contribution in [0.1, 0.15) is 44.6 Å². The van der Waals surface area contributed by atoms with Gasteiger partial charge in [0.2, 0.25) is 0 Å². The second-order valence-corrected chi connectivity index (χ2v) is 5.97. The molecule has 0 spiro atoms. The second-order valence-electron chi connectivity index (χ2n) is 5.97. The van der Waals surface area contributed by atoms with Crippen molar-refractivity contribution in [3.8, 4) is 0 Å². The van der Waals surface area contributed by atoms with Crippen LogP contribution in [0.2, 0.25) is 0 Å². The Bertz CT molecular complexity index is 477. The molecule has 118 valence electrons. The lowest BCUT2D eigenvalue weighted by Crippen LogP contribution is -2.36. The van der Waals surface area contributed by atoms with Crippen LogP contribution in [-0.4, -0.2) is 13.1 Å². The molecular formula is C16H23F3N2. The molecule has 1 aromatic rings. The fraction of sp³-hybridized carbons (Fsp3) is 0.625. The zero-order valence-corrected chi connectivity index (χ0v) is 12.6. The van der Waals surface area contributed by atoms with Crippen molar-refractivity contribution >= 4 is 11.4 Å². The van der Waals surface area contributed by atoms with Gasteiger partial charge >= 0.3 is 6.18 Å². The third kappa shape index (κ3) is 3.63. The smallest absolute Gasteiger partial charge is 0.399 e. The van der Waals surface area contributed by atoms with E-state index in [1.165, 1.54) is 6.07 Å². The largest absolute Gasteiger partial charge is 0.418 e. The lowest BCUT2D eigenvalue weighted by atomic mass is 9.84. The first-order chi connectivity index (χ1) is 9.82. The Morgan fingerprint density at radius 3 is 2.33 bits per heavy atom. The average molecular weight is 300 g/mol. The molecule has 0 aliphatic heterocycles. The SMILES string of the molecule is CCC1CCC(N(C)c2ccc(N)cc2C(F)(F)F)CC1. The van der Waals surface area contributed by atoms with Gasteiger partial charge in [0.1, 0.15) is 0 Å². The molecule has 0 aromatic heterocycles. The van der Waals surface area contributed by atoms with Gasteiger partial charge in [-0.25, -0.2) is 0 Å². The summed E-state index contributed by atoms with van der Waals surface area (Å²) in [6.45, 7) is 2.18. The van der Waals surface area contributed by atoms with E-state index in [9.17, 15) is 13.2 Å². The summed E-state index contributed by atoms with van der Waals surface area (Å²) >= 11 is 0. The van der Waals surface area contributed by atoms with Gasteiger partial charge in [0.25, 0.3) is 0 Å². The lowest BCUT2D eigenvalue weighted by molar-refractivity contribution is -0.137. The number of hydrogen-bond donors (Lipinski definition) is 1. The number of nitrogens with zero attached hydrogens (tertiary/aromatic N) is 1. The highest BCUT2D eigenvalue weighted by molar-refractivity contribution is 5.61. The molecule has 1 fully saturated rings. The number of alkyl halides is 3. The maximum absolute atomic E-state index is 13.2. The van der Waals surface area contributed by atoms with Crippen molar-refractivity contribution in [2.24, 2.45) is 5.92 Å². The van der Waals surface area contributed by atoms with Crippen molar-refractivity contribution < 1.29 is 13.2 Å². The van der Waals surface area contributed by atoms with Crippen molar-refractivity contribution in [3.05, 3.63) is 23.8 Å². The number of nitrogens with two attached hydrogens (primary N) is 1. The molecule has 0 radical (unpaired) electrons. The van der Waals surface area contributed by atoms with Crippen LogP contribution >= 0.6 is 0 Å². The van der Waals surface area contributed by atoms with E-state index < -0.39 is 11.7 Å². The Hall–Kier alpha value is -1.39. The summed E-state index contributed by atoms with van der Waals surface area (Å²) in [7, 11) is 1.76. The van der Waals surface area contributed by atoms with Gasteiger partial charge in [0, 0.05) is 24.5 Å². The highest BCUT2D eigenvalue weighted by Gasteiger charge is 2.36. The van der Waals surface area contributed by atoms with E-state index in [1.54, 1.807) is 18.0 Å². The molecule has 5 heteroatoms. The molecule has 2 nitrogen and oxygen atoms in total. The van der Waals surface area contributed by atoms with Gasteiger partial charge in [0.05, 0.1) is 5.56 Å². The molecular weight excluding hydrogens is 277 g/mol. The van der Waals surface area contributed by atoms with Crippen LogP contribution in [-0.2, 0) is 6.18 Å². The van der Waals surface area contributed by atoms with Crippen LogP contribution in [0.4, 0.5) is 24.5 Å². The highest BCUT2D eigenvalue weighted by Crippen LogP contribution is 2.40. The molecule has 0 atom stereocenters. The molecule has 1 aromatic carbocycles. The Labute approximate surface area is 124 Å². The van der Waals surface area contributed by atoms with Gasteiger partial charge in [0.15, 0.2) is 0 Å². The third-order valence-corrected chi connectivity index (χ3v) is 4.65. The number of hydrogen-bond acceptors (Lipinski definition) is 2. The van der Waals surface area contributed by atoms with E-state index in [4.69, 9.17) is 5.73 Å². The number of rotatable bonds is 3. The number of nitrogen functional groups attached to an aromatic ring is 1. The number of benzene rings is 1. The summed E-state index contributed by atoms with van der Waals surface area (Å²) in [5.41, 5.74) is 5.26. The van der Waals surface area contributed by atoms with E-state index in [0.29, 0.717) is 0 Å². The summed E-state index contributed by atoms with van der Waals surface area (Å²) in [5.74, 6) is 0.725. The molecule has 2 rings (SSSR count). The predicted molar refractivity (Wildman–Crippen MR) is 80.3 cm³/mol. The molecule has 1 aliphatic carbocycles. The summed E-state index contributed by atoms with van der Waals surface area (Å²) < 4.78 is 39.6. The molecule has 21 heavy (non-hydrogen) atoms. The van der Waals surface area contributed by atoms with Crippen LogP contribution in [0.3, 0.4) is 0 Å². The van der Waals surface area contributed by atoms with Crippen molar-refractivity contribution in [2.75, 3.05) is 17.7 Å². The minimum Gasteiger partial charge on any atom is -0.399 e. The molecule has 1 saturated carbocycles. The van der Waals surface area contributed by atoms with E-state index in [2.05, 4.69) is 6.92 Å². The fourth-order valence-corrected chi connectivity index (χ4v) is 3.23. The maximum Gasteiger partial charge on any atom is 0.418 e. The summed E-state index contributed by atoms with van der Waals surface area (Å²) in [6, 6.07) is 4.24. The summed E-state index contributed by atoms with van der Waals surface area (Å²) in [6.07, 6.45) is 0.892. The zero-order valence-electron chi connectivity index (χ0n) is 12.6. The van der Waals surface area contributed by atoms with Crippen LogP contribution in [0.15, 0.2) is 18.2 Å². The van der Waals surface area contributed by atoms with Gasteiger partial charge in [-0.3, -0.25) is 0 Å². The average Bonchev–Trinajstić information content (AvgIpc) is 2.45. The predicted octanol–water partition coefficient (Wildman–Crippen LogP) is 4.69. The molecule has 0 unspecified atom stereocenters. The Balaban J connectivity index is 2.21. The summed E-state index contributed by atoms with van der Waals surface area (Å²) in [4.78, 5) is 1.79. The van der Waals surface area contributed by atoms with Crippen LogP contribution in [0, 0.1) is 5.92 Å². The molecule has 0 saturated heterocycles. The van der Waals surface area contributed by atoms with Crippen molar-refractivity contribution in [3.63, 3.8) is 0 Å². The molecule has 1 aliphatic rings. The van der Waals surface area contributed by atoms with Gasteiger partial charge in [-0.2, -0.15) is 13.2 Å². The lowest BCUT2D eigenvalue weighted by Gasteiger charge is -2.37. The Morgan fingerprint density at radius 2 is 1.81 bits per heavy atom. The van der Waals surface area contributed by atoms with E-state index in [1.807, 2.05) is 0 Å². The van der Waals surface area contributed by atoms with Crippen molar-refractivity contribution in [2.45, 2.75) is 51.2 Å². The van der Waals surface area contributed by atoms with Crippen LogP contribution in [0.5, 0.6) is 0 Å². The van der Waals surface area contributed by atoms with E-state index in [0.717, 1.165) is 44.1 Å². The monoisotopic (exact) mass is 300 g/mol. The first kappa shape index (κ1) is 16.0. The van der Waals surface area contributed by atoms with Crippen LogP contribution < -0.4 is 10.6 Å². The minimum atomic E-state index is -4.38. The second kappa shape index (κ2) is 6.16. The molecule has 0 bridgehead atoms. The molecule has 0 heterocycles. The van der Waals surface area contributed by atoms with Crippen molar-refractivity contribution in [1.29, 1.82) is 0 Å². The van der Waals surface area contributed by atoms with Gasteiger partial charge < -0.3 is 10.6 Å². The fourth-order valence-electron chi connectivity index (χ4n) is 3.23. The number of anilines is 2.